The van der Waals surface area contributed by atoms with Crippen molar-refractivity contribution in [3.8, 4) is 0 Å². The van der Waals surface area contributed by atoms with Gasteiger partial charge in [0.05, 0.1) is 6.10 Å². The zero-order valence-corrected chi connectivity index (χ0v) is 9.03. The Morgan fingerprint density at radius 3 is 2.87 bits per heavy atom. The van der Waals surface area contributed by atoms with E-state index in [9.17, 15) is 4.39 Å². The normalized spacial score (nSPS) is 25.8. The standard InChI is InChI=1S/C11H15FN2O/c1-3-8-6-10(12)14-11(13-8)9-5-4-7(2)15-9/h6-7,9H,3-5H2,1-2H3. The fourth-order valence-corrected chi connectivity index (χ4v) is 1.80. The van der Waals surface area contributed by atoms with Crippen molar-refractivity contribution in [1.29, 1.82) is 0 Å². The van der Waals surface area contributed by atoms with E-state index in [1.54, 1.807) is 0 Å². The van der Waals surface area contributed by atoms with Gasteiger partial charge in [-0.05, 0) is 26.2 Å². The molecule has 1 aromatic heterocycles. The lowest BCUT2D eigenvalue weighted by Crippen LogP contribution is -2.08. The quantitative estimate of drug-likeness (QED) is 0.703. The lowest BCUT2D eigenvalue weighted by molar-refractivity contribution is 0.0496. The molecule has 0 aliphatic carbocycles. The summed E-state index contributed by atoms with van der Waals surface area (Å²) < 4.78 is 18.8. The summed E-state index contributed by atoms with van der Waals surface area (Å²) in [4.78, 5) is 8.09. The number of hydrogen-bond acceptors (Lipinski definition) is 3. The van der Waals surface area contributed by atoms with Gasteiger partial charge in [0.25, 0.3) is 0 Å². The molecule has 0 radical (unpaired) electrons. The molecule has 4 heteroatoms. The second-order valence-electron chi connectivity index (χ2n) is 3.91. The maximum absolute atomic E-state index is 13.2. The van der Waals surface area contributed by atoms with Crippen LogP contribution in [0.3, 0.4) is 0 Å². The lowest BCUT2D eigenvalue weighted by Gasteiger charge is -2.10. The molecule has 15 heavy (non-hydrogen) atoms. The van der Waals surface area contributed by atoms with Gasteiger partial charge >= 0.3 is 0 Å². The number of aryl methyl sites for hydroxylation is 1. The largest absolute Gasteiger partial charge is 0.367 e. The zero-order chi connectivity index (χ0) is 10.8. The van der Waals surface area contributed by atoms with Crippen molar-refractivity contribution in [2.24, 2.45) is 0 Å². The van der Waals surface area contributed by atoms with E-state index >= 15 is 0 Å². The minimum absolute atomic E-state index is 0.124. The van der Waals surface area contributed by atoms with E-state index < -0.39 is 5.95 Å². The van der Waals surface area contributed by atoms with Crippen LogP contribution in [0.1, 0.15) is 44.3 Å². The molecule has 0 aromatic carbocycles. The van der Waals surface area contributed by atoms with Gasteiger partial charge in [-0.2, -0.15) is 4.39 Å². The molecule has 3 nitrogen and oxygen atoms in total. The predicted molar refractivity (Wildman–Crippen MR) is 53.9 cm³/mol. The number of ether oxygens (including phenoxy) is 1. The van der Waals surface area contributed by atoms with E-state index in [1.807, 2.05) is 13.8 Å². The second-order valence-corrected chi connectivity index (χ2v) is 3.91. The van der Waals surface area contributed by atoms with Gasteiger partial charge < -0.3 is 4.74 Å². The van der Waals surface area contributed by atoms with Crippen molar-refractivity contribution < 1.29 is 9.13 Å². The van der Waals surface area contributed by atoms with Crippen LogP contribution in [0, 0.1) is 5.95 Å². The predicted octanol–water partition coefficient (Wildman–Crippen LogP) is 2.42. The van der Waals surface area contributed by atoms with E-state index in [0.717, 1.165) is 18.5 Å². The number of aromatic nitrogens is 2. The fourth-order valence-electron chi connectivity index (χ4n) is 1.80. The zero-order valence-electron chi connectivity index (χ0n) is 9.03. The van der Waals surface area contributed by atoms with Gasteiger partial charge in [0.15, 0.2) is 5.82 Å². The van der Waals surface area contributed by atoms with Gasteiger partial charge in [-0.1, -0.05) is 6.92 Å². The van der Waals surface area contributed by atoms with Crippen LogP contribution in [0.2, 0.25) is 0 Å². The third-order valence-electron chi connectivity index (χ3n) is 2.65. The van der Waals surface area contributed by atoms with Gasteiger partial charge in [-0.15, -0.1) is 0 Å². The van der Waals surface area contributed by atoms with E-state index in [0.29, 0.717) is 12.2 Å². The van der Waals surface area contributed by atoms with E-state index in [4.69, 9.17) is 4.74 Å². The van der Waals surface area contributed by atoms with Crippen LogP contribution in [0.15, 0.2) is 6.07 Å². The van der Waals surface area contributed by atoms with Crippen molar-refractivity contribution in [3.63, 3.8) is 0 Å². The Morgan fingerprint density at radius 2 is 2.27 bits per heavy atom. The average molecular weight is 210 g/mol. The highest BCUT2D eigenvalue weighted by atomic mass is 19.1. The summed E-state index contributed by atoms with van der Waals surface area (Å²) >= 11 is 0. The molecule has 2 atom stereocenters. The number of nitrogens with zero attached hydrogens (tertiary/aromatic N) is 2. The molecular weight excluding hydrogens is 195 g/mol. The van der Waals surface area contributed by atoms with Crippen LogP contribution in [0.25, 0.3) is 0 Å². The van der Waals surface area contributed by atoms with Crippen molar-refractivity contribution in [3.05, 3.63) is 23.5 Å². The lowest BCUT2D eigenvalue weighted by atomic mass is 10.2. The van der Waals surface area contributed by atoms with Crippen molar-refractivity contribution >= 4 is 0 Å². The molecule has 2 unspecified atom stereocenters. The molecule has 0 bridgehead atoms. The summed E-state index contributed by atoms with van der Waals surface area (Å²) in [5.74, 6) is 0.0382. The van der Waals surface area contributed by atoms with Crippen LogP contribution in [-0.4, -0.2) is 16.1 Å². The maximum atomic E-state index is 13.2. The Balaban J connectivity index is 2.24. The number of hydrogen-bond donors (Lipinski definition) is 0. The molecule has 2 heterocycles. The Labute approximate surface area is 88.7 Å². The summed E-state index contributed by atoms with van der Waals surface area (Å²) in [7, 11) is 0. The summed E-state index contributed by atoms with van der Waals surface area (Å²) in [6.45, 7) is 3.96. The second kappa shape index (κ2) is 4.23. The van der Waals surface area contributed by atoms with Crippen LogP contribution >= 0.6 is 0 Å². The van der Waals surface area contributed by atoms with Crippen LogP contribution in [0.5, 0.6) is 0 Å². The molecule has 1 saturated heterocycles. The molecule has 0 N–H and O–H groups in total. The Bertz CT molecular complexity index is 356. The summed E-state index contributed by atoms with van der Waals surface area (Å²) in [5.41, 5.74) is 0.737. The molecule has 1 aromatic rings. The van der Waals surface area contributed by atoms with E-state index in [2.05, 4.69) is 9.97 Å². The molecule has 1 fully saturated rings. The molecule has 2 rings (SSSR count). The van der Waals surface area contributed by atoms with Crippen LogP contribution in [-0.2, 0) is 11.2 Å². The first-order valence-corrected chi connectivity index (χ1v) is 5.38. The van der Waals surface area contributed by atoms with Crippen LogP contribution < -0.4 is 0 Å². The first-order chi connectivity index (χ1) is 7.19. The van der Waals surface area contributed by atoms with Crippen LogP contribution in [0.4, 0.5) is 4.39 Å². The molecule has 1 aliphatic rings. The maximum Gasteiger partial charge on any atom is 0.216 e. The minimum Gasteiger partial charge on any atom is -0.367 e. The highest BCUT2D eigenvalue weighted by molar-refractivity contribution is 5.06. The summed E-state index contributed by atoms with van der Waals surface area (Å²) in [5, 5.41) is 0. The first kappa shape index (κ1) is 10.5. The van der Waals surface area contributed by atoms with Gasteiger partial charge in [0, 0.05) is 11.8 Å². The minimum atomic E-state index is -0.458. The number of rotatable bonds is 2. The highest BCUT2D eigenvalue weighted by Crippen LogP contribution is 2.30. The van der Waals surface area contributed by atoms with Gasteiger partial charge in [0.1, 0.15) is 6.10 Å². The molecule has 82 valence electrons. The molecule has 1 aliphatic heterocycles. The Hall–Kier alpha value is -1.03. The SMILES string of the molecule is CCc1cc(F)nc(C2CCC(C)O2)n1. The Kier molecular flexibility index (Phi) is 2.95. The molecule has 0 amide bonds. The van der Waals surface area contributed by atoms with Crippen molar-refractivity contribution in [2.45, 2.75) is 45.3 Å². The van der Waals surface area contributed by atoms with E-state index in [1.165, 1.54) is 6.07 Å². The van der Waals surface area contributed by atoms with Crippen molar-refractivity contribution in [1.82, 2.24) is 9.97 Å². The topological polar surface area (TPSA) is 35.0 Å². The molecular formula is C11H15FN2O. The monoisotopic (exact) mass is 210 g/mol. The summed E-state index contributed by atoms with van der Waals surface area (Å²) in [6.07, 6.45) is 2.70. The van der Waals surface area contributed by atoms with Crippen molar-refractivity contribution in [2.75, 3.05) is 0 Å². The molecule has 0 saturated carbocycles. The molecule has 0 spiro atoms. The Morgan fingerprint density at radius 1 is 1.47 bits per heavy atom. The third-order valence-corrected chi connectivity index (χ3v) is 2.65. The van der Waals surface area contributed by atoms with Gasteiger partial charge in [0.2, 0.25) is 5.95 Å². The third kappa shape index (κ3) is 2.31. The fraction of sp³-hybridized carbons (Fsp3) is 0.636. The van der Waals surface area contributed by atoms with Gasteiger partial charge in [-0.3, -0.25) is 0 Å². The van der Waals surface area contributed by atoms with Gasteiger partial charge in [-0.25, -0.2) is 9.97 Å². The highest BCUT2D eigenvalue weighted by Gasteiger charge is 2.26. The van der Waals surface area contributed by atoms with E-state index in [-0.39, 0.29) is 12.2 Å². The average Bonchev–Trinajstić information content (AvgIpc) is 2.64. The first-order valence-electron chi connectivity index (χ1n) is 5.38. The summed E-state index contributed by atoms with van der Waals surface area (Å²) in [6, 6.07) is 1.38. The smallest absolute Gasteiger partial charge is 0.216 e. The number of halogens is 1.